The van der Waals surface area contributed by atoms with Crippen LogP contribution < -0.4 is 0 Å². The van der Waals surface area contributed by atoms with Gasteiger partial charge in [-0.3, -0.25) is 0 Å². The van der Waals surface area contributed by atoms with Crippen molar-refractivity contribution < 1.29 is 13.2 Å². The molecule has 2 rings (SSSR count). The van der Waals surface area contributed by atoms with Gasteiger partial charge < -0.3 is 4.42 Å². The van der Waals surface area contributed by atoms with E-state index in [1.807, 2.05) is 6.92 Å². The number of alkyl halides is 1. The third-order valence-corrected chi connectivity index (χ3v) is 3.91. The Kier molecular flexibility index (Phi) is 3.85. The molecule has 0 bridgehead atoms. The molecule has 0 fully saturated rings. The summed E-state index contributed by atoms with van der Waals surface area (Å²) >= 11 is 3.45. The van der Waals surface area contributed by atoms with E-state index in [0.717, 1.165) is 23.8 Å². The van der Waals surface area contributed by atoms with Gasteiger partial charge in [0.1, 0.15) is 17.4 Å². The van der Waals surface area contributed by atoms with E-state index >= 15 is 0 Å². The molecule has 1 aromatic heterocycles. The average Bonchev–Trinajstić information content (AvgIpc) is 2.81. The maximum absolute atomic E-state index is 13.8. The molecule has 0 radical (unpaired) electrons. The Hall–Kier alpha value is -1.16. The Morgan fingerprint density at radius 3 is 2.61 bits per heavy atom. The van der Waals surface area contributed by atoms with E-state index in [2.05, 4.69) is 15.9 Å². The van der Waals surface area contributed by atoms with E-state index in [1.165, 1.54) is 6.07 Å². The fourth-order valence-corrected chi connectivity index (χ4v) is 2.66. The minimum Gasteiger partial charge on any atom is -0.469 e. The third kappa shape index (κ3) is 2.34. The summed E-state index contributed by atoms with van der Waals surface area (Å²) in [5.74, 6) is -0.277. The van der Waals surface area contributed by atoms with E-state index in [9.17, 15) is 8.78 Å². The van der Waals surface area contributed by atoms with Crippen LogP contribution in [0.2, 0.25) is 0 Å². The van der Waals surface area contributed by atoms with Gasteiger partial charge in [0.15, 0.2) is 0 Å². The first-order valence-corrected chi connectivity index (χ1v) is 6.62. The lowest BCUT2D eigenvalue weighted by molar-refractivity contribution is 0.511. The molecule has 18 heavy (non-hydrogen) atoms. The van der Waals surface area contributed by atoms with Crippen molar-refractivity contribution >= 4 is 15.9 Å². The van der Waals surface area contributed by atoms with Gasteiger partial charge in [-0.05, 0) is 24.6 Å². The van der Waals surface area contributed by atoms with Crippen molar-refractivity contribution in [1.82, 2.24) is 0 Å². The highest BCUT2D eigenvalue weighted by molar-refractivity contribution is 9.09. The Labute approximate surface area is 113 Å². The quantitative estimate of drug-likeness (QED) is 0.733. The zero-order valence-electron chi connectivity index (χ0n) is 10.1. The molecular weight excluding hydrogens is 302 g/mol. The monoisotopic (exact) mass is 314 g/mol. The molecule has 0 aliphatic heterocycles. The molecule has 96 valence electrons. The minimum absolute atomic E-state index is 0.328. The molecule has 0 N–H and O–H groups in total. The van der Waals surface area contributed by atoms with Gasteiger partial charge in [0.25, 0.3) is 0 Å². The molecule has 2 aromatic rings. The molecule has 0 amide bonds. The first kappa shape index (κ1) is 13.3. The number of halogens is 3. The summed E-state index contributed by atoms with van der Waals surface area (Å²) in [7, 11) is 0. The van der Waals surface area contributed by atoms with Crippen LogP contribution in [0.4, 0.5) is 8.78 Å². The topological polar surface area (TPSA) is 13.1 Å². The lowest BCUT2D eigenvalue weighted by Crippen LogP contribution is -2.00. The molecule has 1 unspecified atom stereocenters. The molecule has 0 saturated heterocycles. The largest absolute Gasteiger partial charge is 0.469 e. The van der Waals surface area contributed by atoms with Gasteiger partial charge in [-0.25, -0.2) is 8.78 Å². The summed E-state index contributed by atoms with van der Waals surface area (Å²) in [5, 5.41) is 0. The average molecular weight is 315 g/mol. The smallest absolute Gasteiger partial charge is 0.130 e. The molecule has 0 aliphatic carbocycles. The van der Waals surface area contributed by atoms with Crippen LogP contribution in [-0.2, 0) is 6.42 Å². The van der Waals surface area contributed by atoms with E-state index in [1.54, 1.807) is 19.3 Å². The van der Waals surface area contributed by atoms with Crippen molar-refractivity contribution in [2.45, 2.75) is 25.1 Å². The number of rotatable bonds is 3. The fraction of sp³-hybridized carbons (Fsp3) is 0.286. The predicted molar refractivity (Wildman–Crippen MR) is 70.0 cm³/mol. The Morgan fingerprint density at radius 1 is 1.22 bits per heavy atom. The van der Waals surface area contributed by atoms with E-state index < -0.39 is 11.6 Å². The van der Waals surface area contributed by atoms with Crippen molar-refractivity contribution in [3.05, 3.63) is 58.5 Å². The predicted octanol–water partition coefficient (Wildman–Crippen LogP) is 4.91. The van der Waals surface area contributed by atoms with E-state index in [4.69, 9.17) is 4.42 Å². The van der Waals surface area contributed by atoms with E-state index in [0.29, 0.717) is 11.1 Å². The summed E-state index contributed by atoms with van der Waals surface area (Å²) in [4.78, 5) is -0.328. The molecule has 0 spiro atoms. The molecule has 1 aromatic carbocycles. The highest BCUT2D eigenvalue weighted by Gasteiger charge is 2.20. The van der Waals surface area contributed by atoms with Crippen LogP contribution in [0.15, 0.2) is 28.9 Å². The van der Waals surface area contributed by atoms with Crippen molar-refractivity contribution in [1.29, 1.82) is 0 Å². The van der Waals surface area contributed by atoms with Gasteiger partial charge in [0, 0.05) is 23.6 Å². The molecule has 0 aliphatic rings. The lowest BCUT2D eigenvalue weighted by atomic mass is 10.0. The maximum Gasteiger partial charge on any atom is 0.130 e. The molecule has 0 saturated carbocycles. The van der Waals surface area contributed by atoms with Gasteiger partial charge in [-0.15, -0.1) is 0 Å². The highest BCUT2D eigenvalue weighted by Crippen LogP contribution is 2.36. The summed E-state index contributed by atoms with van der Waals surface area (Å²) in [6.07, 6.45) is 2.31. The van der Waals surface area contributed by atoms with Crippen LogP contribution in [0.5, 0.6) is 0 Å². The van der Waals surface area contributed by atoms with Crippen LogP contribution >= 0.6 is 15.9 Å². The second-order valence-electron chi connectivity index (χ2n) is 4.14. The van der Waals surface area contributed by atoms with Crippen LogP contribution in [-0.4, -0.2) is 0 Å². The first-order valence-electron chi connectivity index (χ1n) is 5.70. The van der Waals surface area contributed by atoms with E-state index in [-0.39, 0.29) is 4.83 Å². The summed E-state index contributed by atoms with van der Waals surface area (Å²) in [6, 6.07) is 4.25. The Balaban J connectivity index is 2.46. The lowest BCUT2D eigenvalue weighted by Gasteiger charge is -2.12. The van der Waals surface area contributed by atoms with Crippen molar-refractivity contribution in [2.24, 2.45) is 0 Å². The van der Waals surface area contributed by atoms with Gasteiger partial charge in [0.2, 0.25) is 0 Å². The Bertz CT molecular complexity index is 563. The second-order valence-corrected chi connectivity index (χ2v) is 5.05. The van der Waals surface area contributed by atoms with Gasteiger partial charge in [-0.1, -0.05) is 22.9 Å². The standard InChI is InChI=1S/C14H13BrF2O/c1-3-13-9(4-5-18-13)14(15)10-6-8(2)11(16)7-12(10)17/h4-7,14H,3H2,1-2H3. The highest BCUT2D eigenvalue weighted by atomic mass is 79.9. The normalized spacial score (nSPS) is 12.7. The van der Waals surface area contributed by atoms with Crippen molar-refractivity contribution in [3.63, 3.8) is 0 Å². The molecule has 1 nitrogen and oxygen atoms in total. The summed E-state index contributed by atoms with van der Waals surface area (Å²) < 4.78 is 32.4. The molecule has 1 heterocycles. The van der Waals surface area contributed by atoms with Gasteiger partial charge in [-0.2, -0.15) is 0 Å². The minimum atomic E-state index is -0.553. The zero-order valence-corrected chi connectivity index (χ0v) is 11.7. The Morgan fingerprint density at radius 2 is 1.94 bits per heavy atom. The summed E-state index contributed by atoms with van der Waals surface area (Å²) in [5.41, 5.74) is 1.73. The van der Waals surface area contributed by atoms with Gasteiger partial charge >= 0.3 is 0 Å². The zero-order chi connectivity index (χ0) is 13.3. The maximum atomic E-state index is 13.8. The number of furan rings is 1. The first-order chi connectivity index (χ1) is 8.54. The van der Waals surface area contributed by atoms with Crippen molar-refractivity contribution in [2.75, 3.05) is 0 Å². The van der Waals surface area contributed by atoms with Crippen LogP contribution in [0.1, 0.15) is 34.2 Å². The number of hydrogen-bond acceptors (Lipinski definition) is 1. The molecular formula is C14H13BrF2O. The number of benzene rings is 1. The summed E-state index contributed by atoms with van der Waals surface area (Å²) in [6.45, 7) is 3.59. The fourth-order valence-electron chi connectivity index (χ4n) is 1.91. The second kappa shape index (κ2) is 5.22. The van der Waals surface area contributed by atoms with Crippen LogP contribution in [0.3, 0.4) is 0 Å². The number of aryl methyl sites for hydroxylation is 2. The van der Waals surface area contributed by atoms with Crippen LogP contribution in [0.25, 0.3) is 0 Å². The molecule has 4 heteroatoms. The SMILES string of the molecule is CCc1occc1C(Br)c1cc(C)c(F)cc1F. The number of hydrogen-bond donors (Lipinski definition) is 0. The van der Waals surface area contributed by atoms with Gasteiger partial charge in [0.05, 0.1) is 11.1 Å². The van der Waals surface area contributed by atoms with Crippen molar-refractivity contribution in [3.8, 4) is 0 Å². The van der Waals surface area contributed by atoms with Crippen LogP contribution in [0, 0.1) is 18.6 Å². The molecule has 1 atom stereocenters. The third-order valence-electron chi connectivity index (χ3n) is 2.93.